The number of nitrogens with one attached hydrogen (secondary N) is 1. The van der Waals surface area contributed by atoms with Crippen molar-refractivity contribution >= 4 is 34.4 Å². The number of hydrogen-bond donors (Lipinski definition) is 2. The molecule has 2 heterocycles. The molecule has 2 aromatic carbocycles. The van der Waals surface area contributed by atoms with Crippen molar-refractivity contribution in [2.45, 2.75) is 0 Å². The molecule has 0 bridgehead atoms. The summed E-state index contributed by atoms with van der Waals surface area (Å²) in [4.78, 5) is 11.3. The van der Waals surface area contributed by atoms with Gasteiger partial charge in [0, 0.05) is 23.7 Å². The predicted molar refractivity (Wildman–Crippen MR) is 119 cm³/mol. The van der Waals surface area contributed by atoms with Gasteiger partial charge in [0.25, 0.3) is 0 Å². The molecule has 0 fully saturated rings. The van der Waals surface area contributed by atoms with E-state index in [-0.39, 0.29) is 5.82 Å². The first kappa shape index (κ1) is 20.1. The molecule has 4 aromatic rings. The zero-order valence-electron chi connectivity index (χ0n) is 16.6. The van der Waals surface area contributed by atoms with Crippen molar-refractivity contribution < 1.29 is 4.39 Å². The second-order valence-electron chi connectivity index (χ2n) is 7.11. The Kier molecular flexibility index (Phi) is 5.52. The van der Waals surface area contributed by atoms with E-state index in [1.807, 2.05) is 32.3 Å². The molecule has 0 atom stereocenters. The number of nitrogens with zero attached hydrogens (tertiary/aromatic N) is 5. The molecule has 0 radical (unpaired) electrons. The Bertz CT molecular complexity index is 1210. The minimum atomic E-state index is -0.376. The number of anilines is 2. The van der Waals surface area contributed by atoms with E-state index < -0.39 is 0 Å². The maximum atomic E-state index is 13.8. The van der Waals surface area contributed by atoms with Gasteiger partial charge in [-0.3, -0.25) is 0 Å². The summed E-state index contributed by atoms with van der Waals surface area (Å²) >= 11 is 6.20. The Labute approximate surface area is 178 Å². The van der Waals surface area contributed by atoms with Crippen LogP contribution in [0.15, 0.2) is 48.5 Å². The van der Waals surface area contributed by atoms with Gasteiger partial charge < -0.3 is 16.0 Å². The number of benzene rings is 2. The van der Waals surface area contributed by atoms with Crippen molar-refractivity contribution in [2.75, 3.05) is 38.2 Å². The summed E-state index contributed by atoms with van der Waals surface area (Å²) in [5.41, 5.74) is 8.74. The van der Waals surface area contributed by atoms with Gasteiger partial charge in [-0.2, -0.15) is 4.98 Å². The van der Waals surface area contributed by atoms with Crippen LogP contribution in [0.5, 0.6) is 0 Å². The Hall–Kier alpha value is -3.23. The van der Waals surface area contributed by atoms with Crippen molar-refractivity contribution in [1.82, 2.24) is 24.6 Å². The van der Waals surface area contributed by atoms with E-state index >= 15 is 0 Å². The van der Waals surface area contributed by atoms with Crippen molar-refractivity contribution in [3.63, 3.8) is 0 Å². The summed E-state index contributed by atoms with van der Waals surface area (Å²) in [6, 6.07) is 13.4. The first-order valence-electron chi connectivity index (χ1n) is 9.39. The second kappa shape index (κ2) is 8.25. The van der Waals surface area contributed by atoms with Crippen molar-refractivity contribution in [1.29, 1.82) is 0 Å². The Morgan fingerprint density at radius 2 is 1.93 bits per heavy atom. The molecule has 2 aromatic heterocycles. The molecule has 3 N–H and O–H groups in total. The summed E-state index contributed by atoms with van der Waals surface area (Å²) in [5.74, 6) is 0.382. The molecule has 7 nitrogen and oxygen atoms in total. The number of aromatic nitrogens is 4. The van der Waals surface area contributed by atoms with Gasteiger partial charge in [-0.1, -0.05) is 29.8 Å². The van der Waals surface area contributed by atoms with Crippen LogP contribution in [-0.2, 0) is 0 Å². The molecule has 4 rings (SSSR count). The molecule has 30 heavy (non-hydrogen) atoms. The number of nitrogen functional groups attached to an aromatic ring is 1. The number of rotatable bonds is 6. The summed E-state index contributed by atoms with van der Waals surface area (Å²) in [6.07, 6.45) is 0. The van der Waals surface area contributed by atoms with Crippen LogP contribution in [0.2, 0.25) is 5.02 Å². The normalized spacial score (nSPS) is 11.4. The van der Waals surface area contributed by atoms with Crippen molar-refractivity contribution in [2.24, 2.45) is 0 Å². The Morgan fingerprint density at radius 1 is 1.13 bits per heavy atom. The van der Waals surface area contributed by atoms with E-state index in [0.29, 0.717) is 45.7 Å². The minimum Gasteiger partial charge on any atom is -0.383 e. The van der Waals surface area contributed by atoms with Gasteiger partial charge in [-0.25, -0.2) is 14.1 Å². The molecule has 0 aliphatic rings. The van der Waals surface area contributed by atoms with Gasteiger partial charge in [-0.05, 0) is 44.4 Å². The zero-order valence-corrected chi connectivity index (χ0v) is 17.4. The van der Waals surface area contributed by atoms with Gasteiger partial charge in [0.2, 0.25) is 5.95 Å². The maximum Gasteiger partial charge on any atom is 0.225 e. The number of nitrogens with two attached hydrogens (primary N) is 1. The third kappa shape index (κ3) is 4.05. The van der Waals surface area contributed by atoms with Crippen LogP contribution in [0, 0.1) is 5.82 Å². The van der Waals surface area contributed by atoms with Crippen LogP contribution in [0.1, 0.15) is 0 Å². The largest absolute Gasteiger partial charge is 0.383 e. The maximum absolute atomic E-state index is 13.8. The lowest BCUT2D eigenvalue weighted by Crippen LogP contribution is -2.21. The fourth-order valence-corrected chi connectivity index (χ4v) is 3.32. The molecular weight excluding hydrogens is 405 g/mol. The second-order valence-corrected chi connectivity index (χ2v) is 7.55. The summed E-state index contributed by atoms with van der Waals surface area (Å²) < 4.78 is 15.2. The number of likely N-dealkylation sites (N-methyl/N-ethyl adjacent to an activating group) is 1. The number of hydrogen-bond acceptors (Lipinski definition) is 6. The number of fused-ring (bicyclic) bond motifs is 1. The molecule has 154 valence electrons. The summed E-state index contributed by atoms with van der Waals surface area (Å²) in [6.45, 7) is 1.47. The van der Waals surface area contributed by atoms with Crippen molar-refractivity contribution in [3.05, 3.63) is 59.4 Å². The van der Waals surface area contributed by atoms with Crippen LogP contribution >= 0.6 is 11.6 Å². The fraction of sp³-hybridized carbons (Fsp3) is 0.190. The van der Waals surface area contributed by atoms with Gasteiger partial charge in [-0.15, -0.1) is 5.10 Å². The minimum absolute atomic E-state index is 0.324. The van der Waals surface area contributed by atoms with Crippen LogP contribution in [0.3, 0.4) is 0 Å². The van der Waals surface area contributed by atoms with E-state index in [1.165, 1.54) is 16.8 Å². The van der Waals surface area contributed by atoms with Crippen LogP contribution in [-0.4, -0.2) is 51.8 Å². The standard InChI is InChI=1S/C21H21ClFN7/c1-29(2)10-9-25-21-26-18(13-5-3-6-14(22)11-13)17-19(24)30(28-20(17)27-21)16-8-4-7-15(23)12-16/h3-8,11-12H,9-10,24H2,1-2H3,(H,25,27,28). The lowest BCUT2D eigenvalue weighted by Gasteiger charge is -2.11. The van der Waals surface area contributed by atoms with Gasteiger partial charge in [0.15, 0.2) is 5.65 Å². The molecule has 0 unspecified atom stereocenters. The van der Waals surface area contributed by atoms with E-state index in [0.717, 1.165) is 12.1 Å². The zero-order chi connectivity index (χ0) is 21.3. The van der Waals surface area contributed by atoms with E-state index in [1.54, 1.807) is 18.2 Å². The smallest absolute Gasteiger partial charge is 0.225 e. The first-order chi connectivity index (χ1) is 14.4. The Morgan fingerprint density at radius 3 is 2.67 bits per heavy atom. The average Bonchev–Trinajstić information content (AvgIpc) is 3.04. The SMILES string of the molecule is CN(C)CCNc1nc(-c2cccc(Cl)c2)c2c(N)n(-c3cccc(F)c3)nc2n1. The number of halogens is 2. The van der Waals surface area contributed by atoms with Crippen LogP contribution in [0.4, 0.5) is 16.2 Å². The summed E-state index contributed by atoms with van der Waals surface area (Å²) in [7, 11) is 3.98. The average molecular weight is 426 g/mol. The van der Waals surface area contributed by atoms with Crippen LogP contribution in [0.25, 0.3) is 28.0 Å². The quantitative estimate of drug-likeness (QED) is 0.488. The van der Waals surface area contributed by atoms with Gasteiger partial charge >= 0.3 is 0 Å². The van der Waals surface area contributed by atoms with E-state index in [4.69, 9.17) is 17.3 Å². The lowest BCUT2D eigenvalue weighted by atomic mass is 10.1. The monoisotopic (exact) mass is 425 g/mol. The van der Waals surface area contributed by atoms with Crippen LogP contribution < -0.4 is 11.1 Å². The lowest BCUT2D eigenvalue weighted by molar-refractivity contribution is 0.425. The third-order valence-electron chi connectivity index (χ3n) is 4.56. The van der Waals surface area contributed by atoms with E-state index in [9.17, 15) is 4.39 Å². The molecule has 0 amide bonds. The summed E-state index contributed by atoms with van der Waals surface area (Å²) in [5, 5.41) is 8.91. The van der Waals surface area contributed by atoms with Gasteiger partial charge in [0.05, 0.1) is 16.8 Å². The molecule has 0 aliphatic heterocycles. The topological polar surface area (TPSA) is 84.9 Å². The highest BCUT2D eigenvalue weighted by Crippen LogP contribution is 2.33. The molecule has 0 aliphatic carbocycles. The third-order valence-corrected chi connectivity index (χ3v) is 4.80. The highest BCUT2D eigenvalue weighted by molar-refractivity contribution is 6.30. The fourth-order valence-electron chi connectivity index (χ4n) is 3.13. The first-order valence-corrected chi connectivity index (χ1v) is 9.77. The highest BCUT2D eigenvalue weighted by Gasteiger charge is 2.19. The highest BCUT2D eigenvalue weighted by atomic mass is 35.5. The van der Waals surface area contributed by atoms with Crippen molar-refractivity contribution in [3.8, 4) is 16.9 Å². The molecule has 0 saturated heterocycles. The van der Waals surface area contributed by atoms with E-state index in [2.05, 4.69) is 25.3 Å². The molecule has 0 spiro atoms. The molecule has 9 heteroatoms. The van der Waals surface area contributed by atoms with Gasteiger partial charge in [0.1, 0.15) is 11.6 Å². The molecule has 0 saturated carbocycles. The Balaban J connectivity index is 1.89. The predicted octanol–water partition coefficient (Wildman–Crippen LogP) is 3.83. The molecular formula is C21H21ClFN7.